The SMILES string of the molecule is C=COCCCNCc1n[nH]nc1-c1ccccc1. The molecule has 0 fully saturated rings. The van der Waals surface area contributed by atoms with Crippen molar-refractivity contribution in [2.24, 2.45) is 0 Å². The lowest BCUT2D eigenvalue weighted by Crippen LogP contribution is -2.16. The Hall–Kier alpha value is -2.14. The highest BCUT2D eigenvalue weighted by molar-refractivity contribution is 5.60. The van der Waals surface area contributed by atoms with E-state index in [9.17, 15) is 0 Å². The molecular weight excluding hydrogens is 240 g/mol. The summed E-state index contributed by atoms with van der Waals surface area (Å²) < 4.78 is 5.05. The Labute approximate surface area is 112 Å². The highest BCUT2D eigenvalue weighted by atomic mass is 16.5. The quantitative estimate of drug-likeness (QED) is 0.562. The minimum Gasteiger partial charge on any atom is -0.502 e. The molecule has 5 nitrogen and oxygen atoms in total. The molecule has 1 aromatic carbocycles. The Morgan fingerprint density at radius 3 is 2.89 bits per heavy atom. The van der Waals surface area contributed by atoms with Crippen molar-refractivity contribution in [1.29, 1.82) is 0 Å². The summed E-state index contributed by atoms with van der Waals surface area (Å²) in [7, 11) is 0. The molecule has 0 aliphatic carbocycles. The molecule has 0 aliphatic heterocycles. The molecule has 2 N–H and O–H groups in total. The number of H-pyrrole nitrogens is 1. The summed E-state index contributed by atoms with van der Waals surface area (Å²) in [5, 5.41) is 14.4. The number of rotatable bonds is 8. The summed E-state index contributed by atoms with van der Waals surface area (Å²) in [5.74, 6) is 0. The highest BCUT2D eigenvalue weighted by Crippen LogP contribution is 2.18. The van der Waals surface area contributed by atoms with Gasteiger partial charge in [-0.25, -0.2) is 0 Å². The molecule has 1 aromatic heterocycles. The number of aromatic amines is 1. The van der Waals surface area contributed by atoms with E-state index in [0.29, 0.717) is 13.2 Å². The van der Waals surface area contributed by atoms with Gasteiger partial charge in [0.15, 0.2) is 0 Å². The molecule has 0 radical (unpaired) electrons. The van der Waals surface area contributed by atoms with Crippen LogP contribution in [0.25, 0.3) is 11.3 Å². The molecule has 2 aromatic rings. The zero-order valence-corrected chi connectivity index (χ0v) is 10.8. The van der Waals surface area contributed by atoms with Gasteiger partial charge < -0.3 is 10.1 Å². The number of aromatic nitrogens is 3. The highest BCUT2D eigenvalue weighted by Gasteiger charge is 2.08. The van der Waals surface area contributed by atoms with Crippen molar-refractivity contribution in [1.82, 2.24) is 20.7 Å². The van der Waals surface area contributed by atoms with Gasteiger partial charge in [0.1, 0.15) is 11.4 Å². The first-order chi connectivity index (χ1) is 9.42. The summed E-state index contributed by atoms with van der Waals surface area (Å²) in [6.45, 7) is 5.74. The number of nitrogens with one attached hydrogen (secondary N) is 2. The Morgan fingerprint density at radius 1 is 1.26 bits per heavy atom. The van der Waals surface area contributed by atoms with Gasteiger partial charge in [-0.3, -0.25) is 0 Å². The van der Waals surface area contributed by atoms with Crippen molar-refractivity contribution >= 4 is 0 Å². The van der Waals surface area contributed by atoms with Crippen LogP contribution in [-0.2, 0) is 11.3 Å². The zero-order valence-electron chi connectivity index (χ0n) is 10.8. The number of ether oxygens (including phenoxy) is 1. The van der Waals surface area contributed by atoms with Crippen LogP contribution in [0.1, 0.15) is 12.1 Å². The molecule has 0 saturated heterocycles. The van der Waals surface area contributed by atoms with E-state index in [1.807, 2.05) is 30.3 Å². The van der Waals surface area contributed by atoms with Crippen molar-refractivity contribution in [3.63, 3.8) is 0 Å². The van der Waals surface area contributed by atoms with Crippen molar-refractivity contribution < 1.29 is 4.74 Å². The molecule has 0 unspecified atom stereocenters. The number of benzene rings is 1. The van der Waals surface area contributed by atoms with Gasteiger partial charge in [-0.05, 0) is 13.0 Å². The molecule has 19 heavy (non-hydrogen) atoms. The molecule has 0 amide bonds. The van der Waals surface area contributed by atoms with Gasteiger partial charge in [0.2, 0.25) is 0 Å². The van der Waals surface area contributed by atoms with Crippen LogP contribution in [0.2, 0.25) is 0 Å². The van der Waals surface area contributed by atoms with Crippen LogP contribution < -0.4 is 5.32 Å². The van der Waals surface area contributed by atoms with Crippen molar-refractivity contribution in [3.8, 4) is 11.3 Å². The van der Waals surface area contributed by atoms with Gasteiger partial charge in [0.05, 0.1) is 12.9 Å². The van der Waals surface area contributed by atoms with E-state index in [-0.39, 0.29) is 0 Å². The lowest BCUT2D eigenvalue weighted by Gasteiger charge is -2.04. The van der Waals surface area contributed by atoms with Gasteiger partial charge in [-0.1, -0.05) is 36.9 Å². The largest absolute Gasteiger partial charge is 0.502 e. The van der Waals surface area contributed by atoms with E-state index in [0.717, 1.165) is 29.9 Å². The monoisotopic (exact) mass is 258 g/mol. The lowest BCUT2D eigenvalue weighted by molar-refractivity contribution is 0.244. The second-order valence-corrected chi connectivity index (χ2v) is 4.05. The van der Waals surface area contributed by atoms with Crippen LogP contribution in [0.3, 0.4) is 0 Å². The van der Waals surface area contributed by atoms with E-state index in [1.165, 1.54) is 6.26 Å². The van der Waals surface area contributed by atoms with E-state index in [2.05, 4.69) is 27.3 Å². The fourth-order valence-electron chi connectivity index (χ4n) is 1.77. The molecule has 0 atom stereocenters. The lowest BCUT2D eigenvalue weighted by atomic mass is 10.1. The Bertz CT molecular complexity index is 495. The number of hydrogen-bond donors (Lipinski definition) is 2. The zero-order chi connectivity index (χ0) is 13.3. The second kappa shape index (κ2) is 7.33. The van der Waals surface area contributed by atoms with Gasteiger partial charge in [-0.15, -0.1) is 0 Å². The fourth-order valence-corrected chi connectivity index (χ4v) is 1.77. The van der Waals surface area contributed by atoms with Crippen LogP contribution in [0.4, 0.5) is 0 Å². The molecule has 0 saturated carbocycles. The maximum absolute atomic E-state index is 5.05. The van der Waals surface area contributed by atoms with E-state index in [1.54, 1.807) is 0 Å². The molecule has 0 spiro atoms. The molecule has 5 heteroatoms. The third-order valence-electron chi connectivity index (χ3n) is 2.69. The fraction of sp³-hybridized carbons (Fsp3) is 0.286. The Morgan fingerprint density at radius 2 is 2.11 bits per heavy atom. The third kappa shape index (κ3) is 3.93. The van der Waals surface area contributed by atoms with Gasteiger partial charge in [0, 0.05) is 12.1 Å². The Balaban J connectivity index is 1.85. The van der Waals surface area contributed by atoms with Crippen LogP contribution >= 0.6 is 0 Å². The maximum Gasteiger partial charge on any atom is 0.117 e. The topological polar surface area (TPSA) is 62.8 Å². The van der Waals surface area contributed by atoms with Crippen molar-refractivity contribution in [2.45, 2.75) is 13.0 Å². The molecule has 2 rings (SSSR count). The van der Waals surface area contributed by atoms with Gasteiger partial charge in [-0.2, -0.15) is 15.4 Å². The van der Waals surface area contributed by atoms with Crippen LogP contribution in [-0.4, -0.2) is 28.6 Å². The minimum absolute atomic E-state index is 0.681. The predicted molar refractivity (Wildman–Crippen MR) is 74.3 cm³/mol. The first-order valence-corrected chi connectivity index (χ1v) is 6.30. The summed E-state index contributed by atoms with van der Waals surface area (Å²) in [5.41, 5.74) is 2.90. The summed E-state index contributed by atoms with van der Waals surface area (Å²) in [6.07, 6.45) is 2.40. The third-order valence-corrected chi connectivity index (χ3v) is 2.69. The molecule has 100 valence electrons. The standard InChI is InChI=1S/C14H18N4O/c1-2-19-10-6-9-15-11-13-14(17-18-16-13)12-7-4-3-5-8-12/h2-5,7-8,15H,1,6,9-11H2,(H,16,17,18). The van der Waals surface area contributed by atoms with Gasteiger partial charge in [0.25, 0.3) is 0 Å². The molecule has 0 aliphatic rings. The molecule has 1 heterocycles. The second-order valence-electron chi connectivity index (χ2n) is 4.05. The van der Waals surface area contributed by atoms with Crippen molar-refractivity contribution in [2.75, 3.05) is 13.2 Å². The summed E-state index contributed by atoms with van der Waals surface area (Å²) in [4.78, 5) is 0. The van der Waals surface area contributed by atoms with E-state index in [4.69, 9.17) is 4.74 Å². The minimum atomic E-state index is 0.681. The van der Waals surface area contributed by atoms with Crippen molar-refractivity contribution in [3.05, 3.63) is 48.9 Å². The van der Waals surface area contributed by atoms with E-state index >= 15 is 0 Å². The summed E-state index contributed by atoms with van der Waals surface area (Å²) >= 11 is 0. The van der Waals surface area contributed by atoms with Crippen LogP contribution in [0.15, 0.2) is 43.2 Å². The normalized spacial score (nSPS) is 10.3. The van der Waals surface area contributed by atoms with E-state index < -0.39 is 0 Å². The average Bonchev–Trinajstić information content (AvgIpc) is 2.92. The molecule has 0 bridgehead atoms. The first-order valence-electron chi connectivity index (χ1n) is 6.30. The predicted octanol–water partition coefficient (Wildman–Crippen LogP) is 2.11. The maximum atomic E-state index is 5.05. The van der Waals surface area contributed by atoms with Crippen LogP contribution in [0, 0.1) is 0 Å². The smallest absolute Gasteiger partial charge is 0.117 e. The number of hydrogen-bond acceptors (Lipinski definition) is 4. The Kier molecular flexibility index (Phi) is 5.13. The number of nitrogens with zero attached hydrogens (tertiary/aromatic N) is 2. The van der Waals surface area contributed by atoms with Gasteiger partial charge >= 0.3 is 0 Å². The van der Waals surface area contributed by atoms with Crippen LogP contribution in [0.5, 0.6) is 0 Å². The summed E-state index contributed by atoms with van der Waals surface area (Å²) in [6, 6.07) is 10.0. The average molecular weight is 258 g/mol. The molecular formula is C14H18N4O. The first kappa shape index (κ1) is 13.3.